The van der Waals surface area contributed by atoms with E-state index in [2.05, 4.69) is 20.3 Å². The highest BCUT2D eigenvalue weighted by molar-refractivity contribution is 6.06. The van der Waals surface area contributed by atoms with Gasteiger partial charge in [-0.1, -0.05) is 0 Å². The van der Waals surface area contributed by atoms with Gasteiger partial charge in [-0.2, -0.15) is 0 Å². The van der Waals surface area contributed by atoms with Crippen LogP contribution >= 0.6 is 0 Å². The number of nitrogens with zero attached hydrogens (tertiary/aromatic N) is 3. The summed E-state index contributed by atoms with van der Waals surface area (Å²) in [4.78, 5) is 12.5. The van der Waals surface area contributed by atoms with Crippen LogP contribution in [0.4, 0.5) is 5.82 Å². The molecular formula is C9H10N4. The van der Waals surface area contributed by atoms with E-state index in [1.165, 1.54) is 0 Å². The Morgan fingerprint density at radius 3 is 3.08 bits per heavy atom. The second-order valence-electron chi connectivity index (χ2n) is 2.66. The van der Waals surface area contributed by atoms with Crippen LogP contribution in [0.15, 0.2) is 28.3 Å². The summed E-state index contributed by atoms with van der Waals surface area (Å²) < 4.78 is 0. The molecule has 2 rings (SSSR count). The van der Waals surface area contributed by atoms with Gasteiger partial charge in [0.05, 0.1) is 6.54 Å². The Kier molecular flexibility index (Phi) is 2.04. The number of rotatable bonds is 2. The maximum atomic E-state index is 4.22. The molecule has 1 aliphatic heterocycles. The van der Waals surface area contributed by atoms with E-state index in [9.17, 15) is 0 Å². The van der Waals surface area contributed by atoms with Crippen LogP contribution < -0.4 is 5.32 Å². The molecule has 4 nitrogen and oxygen atoms in total. The van der Waals surface area contributed by atoms with E-state index in [0.29, 0.717) is 6.54 Å². The molecular weight excluding hydrogens is 164 g/mol. The third kappa shape index (κ3) is 1.56. The van der Waals surface area contributed by atoms with Gasteiger partial charge in [0.2, 0.25) is 0 Å². The molecule has 1 N–H and O–H groups in total. The standard InChI is InChI=1S/C9H10N4/c1-10-8-6-7(2-3-11-8)9-12-4-5-13-9/h2-4,6H,5H2,1H3,(H,10,11). The Bertz CT molecular complexity index is 368. The third-order valence-corrected chi connectivity index (χ3v) is 1.81. The Morgan fingerprint density at radius 2 is 2.38 bits per heavy atom. The quantitative estimate of drug-likeness (QED) is 0.725. The highest BCUT2D eigenvalue weighted by Gasteiger charge is 2.04. The molecule has 66 valence electrons. The maximum Gasteiger partial charge on any atom is 0.154 e. The third-order valence-electron chi connectivity index (χ3n) is 1.81. The molecule has 0 bridgehead atoms. The Balaban J connectivity index is 2.35. The molecule has 0 saturated carbocycles. The van der Waals surface area contributed by atoms with Gasteiger partial charge in [-0.05, 0) is 12.1 Å². The number of anilines is 1. The number of pyridine rings is 1. The molecule has 0 radical (unpaired) electrons. The number of nitrogens with one attached hydrogen (secondary N) is 1. The summed E-state index contributed by atoms with van der Waals surface area (Å²) in [5.41, 5.74) is 1.01. The second kappa shape index (κ2) is 3.35. The van der Waals surface area contributed by atoms with Crippen molar-refractivity contribution >= 4 is 17.9 Å². The lowest BCUT2D eigenvalue weighted by molar-refractivity contribution is 1.27. The number of aromatic nitrogens is 1. The average molecular weight is 174 g/mol. The average Bonchev–Trinajstić information content (AvgIpc) is 2.71. The van der Waals surface area contributed by atoms with Gasteiger partial charge in [0, 0.05) is 25.0 Å². The van der Waals surface area contributed by atoms with Crippen molar-refractivity contribution in [1.82, 2.24) is 4.98 Å². The van der Waals surface area contributed by atoms with Crippen LogP contribution in [0.25, 0.3) is 0 Å². The first-order chi connectivity index (χ1) is 6.40. The van der Waals surface area contributed by atoms with Crippen molar-refractivity contribution in [1.29, 1.82) is 0 Å². The zero-order valence-electron chi connectivity index (χ0n) is 7.36. The monoisotopic (exact) mass is 174 g/mol. The normalized spacial score (nSPS) is 14.4. The van der Waals surface area contributed by atoms with Crippen LogP contribution in [0.5, 0.6) is 0 Å². The minimum atomic E-state index is 0.687. The molecule has 0 unspecified atom stereocenters. The first-order valence-electron chi connectivity index (χ1n) is 4.11. The molecule has 0 amide bonds. The lowest BCUT2D eigenvalue weighted by Gasteiger charge is -2.01. The highest BCUT2D eigenvalue weighted by atomic mass is 15.0. The summed E-state index contributed by atoms with van der Waals surface area (Å²) in [6, 6.07) is 3.84. The first kappa shape index (κ1) is 7.91. The van der Waals surface area contributed by atoms with Crippen molar-refractivity contribution in [2.75, 3.05) is 18.9 Å². The smallest absolute Gasteiger partial charge is 0.154 e. The number of hydrogen-bond donors (Lipinski definition) is 1. The summed E-state index contributed by atoms with van der Waals surface area (Å²) in [6.45, 7) is 0.687. The van der Waals surface area contributed by atoms with Gasteiger partial charge in [0.15, 0.2) is 5.84 Å². The maximum absolute atomic E-state index is 4.22. The molecule has 0 spiro atoms. The van der Waals surface area contributed by atoms with E-state index < -0.39 is 0 Å². The van der Waals surface area contributed by atoms with E-state index in [-0.39, 0.29) is 0 Å². The summed E-state index contributed by atoms with van der Waals surface area (Å²) in [5, 5.41) is 2.97. The minimum absolute atomic E-state index is 0.687. The van der Waals surface area contributed by atoms with Gasteiger partial charge in [-0.25, -0.2) is 9.98 Å². The summed E-state index contributed by atoms with van der Waals surface area (Å²) in [6.07, 6.45) is 3.55. The van der Waals surface area contributed by atoms with Crippen LogP contribution in [0.1, 0.15) is 5.56 Å². The van der Waals surface area contributed by atoms with Gasteiger partial charge < -0.3 is 5.32 Å². The highest BCUT2D eigenvalue weighted by Crippen LogP contribution is 2.09. The molecule has 1 aromatic heterocycles. The molecule has 1 aliphatic rings. The lowest BCUT2D eigenvalue weighted by atomic mass is 10.2. The predicted octanol–water partition coefficient (Wildman–Crippen LogP) is 0.954. The summed E-state index contributed by atoms with van der Waals surface area (Å²) in [5.74, 6) is 1.63. The van der Waals surface area contributed by atoms with Gasteiger partial charge in [0.25, 0.3) is 0 Å². The van der Waals surface area contributed by atoms with Crippen LogP contribution in [0.3, 0.4) is 0 Å². The lowest BCUT2D eigenvalue weighted by Crippen LogP contribution is -1.98. The molecule has 1 aromatic rings. The Morgan fingerprint density at radius 1 is 1.46 bits per heavy atom. The van der Waals surface area contributed by atoms with Crippen molar-refractivity contribution in [2.24, 2.45) is 9.98 Å². The molecule has 4 heteroatoms. The first-order valence-corrected chi connectivity index (χ1v) is 4.11. The van der Waals surface area contributed by atoms with Gasteiger partial charge in [0.1, 0.15) is 5.82 Å². The number of aliphatic imine (C=N–C) groups is 2. The zero-order chi connectivity index (χ0) is 9.10. The van der Waals surface area contributed by atoms with Gasteiger partial charge in [-0.15, -0.1) is 0 Å². The van der Waals surface area contributed by atoms with Gasteiger partial charge in [-0.3, -0.25) is 4.99 Å². The molecule has 0 aliphatic carbocycles. The Hall–Kier alpha value is -1.71. The van der Waals surface area contributed by atoms with E-state index in [0.717, 1.165) is 17.2 Å². The molecule has 13 heavy (non-hydrogen) atoms. The van der Waals surface area contributed by atoms with E-state index in [1.807, 2.05) is 19.2 Å². The molecule has 0 atom stereocenters. The van der Waals surface area contributed by atoms with Crippen molar-refractivity contribution in [3.05, 3.63) is 23.9 Å². The van der Waals surface area contributed by atoms with E-state index in [4.69, 9.17) is 0 Å². The van der Waals surface area contributed by atoms with Crippen molar-refractivity contribution in [3.8, 4) is 0 Å². The minimum Gasteiger partial charge on any atom is -0.373 e. The van der Waals surface area contributed by atoms with Crippen LogP contribution in [-0.2, 0) is 0 Å². The number of amidine groups is 1. The second-order valence-corrected chi connectivity index (χ2v) is 2.66. The predicted molar refractivity (Wildman–Crippen MR) is 53.7 cm³/mol. The fourth-order valence-corrected chi connectivity index (χ4v) is 1.17. The van der Waals surface area contributed by atoms with Crippen molar-refractivity contribution in [2.45, 2.75) is 0 Å². The zero-order valence-corrected chi connectivity index (χ0v) is 7.36. The SMILES string of the molecule is CNc1cc(C2=NCC=N2)ccn1. The molecule has 0 fully saturated rings. The topological polar surface area (TPSA) is 49.6 Å². The molecule has 0 saturated heterocycles. The van der Waals surface area contributed by atoms with E-state index >= 15 is 0 Å². The number of hydrogen-bond acceptors (Lipinski definition) is 4. The van der Waals surface area contributed by atoms with Crippen LogP contribution in [0.2, 0.25) is 0 Å². The molecule has 0 aromatic carbocycles. The fourth-order valence-electron chi connectivity index (χ4n) is 1.17. The molecule has 2 heterocycles. The largest absolute Gasteiger partial charge is 0.373 e. The summed E-state index contributed by atoms with van der Waals surface area (Å²) >= 11 is 0. The van der Waals surface area contributed by atoms with Gasteiger partial charge >= 0.3 is 0 Å². The summed E-state index contributed by atoms with van der Waals surface area (Å²) in [7, 11) is 1.84. The van der Waals surface area contributed by atoms with Crippen LogP contribution in [0, 0.1) is 0 Å². The van der Waals surface area contributed by atoms with Crippen LogP contribution in [-0.4, -0.2) is 30.6 Å². The van der Waals surface area contributed by atoms with E-state index in [1.54, 1.807) is 12.4 Å². The van der Waals surface area contributed by atoms with Crippen molar-refractivity contribution in [3.63, 3.8) is 0 Å². The van der Waals surface area contributed by atoms with Crippen molar-refractivity contribution < 1.29 is 0 Å². The Labute approximate surface area is 76.4 Å². The fraction of sp³-hybridized carbons (Fsp3) is 0.222.